The minimum atomic E-state index is -0.737. The number of carbonyl (C=O) groups excluding carboxylic acids is 3. The van der Waals surface area contributed by atoms with E-state index in [1.807, 2.05) is 18.2 Å². The minimum Gasteiger partial charge on any atom is -0.451 e. The van der Waals surface area contributed by atoms with E-state index < -0.39 is 17.9 Å². The zero-order valence-electron chi connectivity index (χ0n) is 14.1. The molecule has 0 aliphatic carbocycles. The molecule has 7 nitrogen and oxygen atoms in total. The van der Waals surface area contributed by atoms with Crippen molar-refractivity contribution >= 4 is 28.7 Å². The molecule has 1 aromatic carbocycles. The van der Waals surface area contributed by atoms with Crippen LogP contribution in [-0.2, 0) is 9.59 Å². The molecular formula is C17H21N3O4. The molecule has 0 saturated carbocycles. The lowest BCUT2D eigenvalue weighted by atomic mass is 10.0. The Morgan fingerprint density at radius 3 is 2.33 bits per heavy atom. The van der Waals surface area contributed by atoms with Gasteiger partial charge in [-0.25, -0.2) is 0 Å². The van der Waals surface area contributed by atoms with Crippen LogP contribution in [-0.4, -0.2) is 23.8 Å². The number of carbonyl (C=O) groups is 3. The quantitative estimate of drug-likeness (QED) is 0.742. The second-order valence-electron chi connectivity index (χ2n) is 5.92. The van der Waals surface area contributed by atoms with Crippen molar-refractivity contribution in [1.82, 2.24) is 16.2 Å². The van der Waals surface area contributed by atoms with Crippen molar-refractivity contribution in [3.8, 4) is 0 Å². The summed E-state index contributed by atoms with van der Waals surface area (Å²) < 4.78 is 5.53. The van der Waals surface area contributed by atoms with Crippen LogP contribution in [0, 0.1) is 12.8 Å². The van der Waals surface area contributed by atoms with Gasteiger partial charge in [-0.1, -0.05) is 32.0 Å². The number of benzene rings is 1. The Hall–Kier alpha value is -2.83. The van der Waals surface area contributed by atoms with Crippen molar-refractivity contribution in [1.29, 1.82) is 0 Å². The van der Waals surface area contributed by atoms with Gasteiger partial charge in [-0.3, -0.25) is 25.2 Å². The topological polar surface area (TPSA) is 100 Å². The van der Waals surface area contributed by atoms with E-state index in [4.69, 9.17) is 4.42 Å². The van der Waals surface area contributed by atoms with E-state index in [1.54, 1.807) is 26.8 Å². The number of amides is 3. The maximum absolute atomic E-state index is 12.2. The lowest BCUT2D eigenvalue weighted by Gasteiger charge is -2.20. The maximum atomic E-state index is 12.2. The van der Waals surface area contributed by atoms with Gasteiger partial charge in [0.2, 0.25) is 5.91 Å². The Balaban J connectivity index is 2.07. The average Bonchev–Trinajstić information content (AvgIpc) is 2.87. The monoisotopic (exact) mass is 331 g/mol. The lowest BCUT2D eigenvalue weighted by Crippen LogP contribution is -2.54. The van der Waals surface area contributed by atoms with Gasteiger partial charge in [0.05, 0.1) is 0 Å². The molecule has 1 atom stereocenters. The SMILES string of the molecule is CC(=O)NC(C(=O)NNC(=O)c1oc2ccccc2c1C)C(C)C. The van der Waals surface area contributed by atoms with Crippen molar-refractivity contribution in [2.45, 2.75) is 33.7 Å². The van der Waals surface area contributed by atoms with Crippen molar-refractivity contribution in [3.63, 3.8) is 0 Å². The first-order chi connectivity index (χ1) is 11.3. The Morgan fingerprint density at radius 2 is 1.75 bits per heavy atom. The van der Waals surface area contributed by atoms with Crippen molar-refractivity contribution in [3.05, 3.63) is 35.6 Å². The zero-order valence-corrected chi connectivity index (χ0v) is 14.1. The Bertz CT molecular complexity index is 779. The van der Waals surface area contributed by atoms with Crippen LogP contribution in [0.25, 0.3) is 11.0 Å². The highest BCUT2D eigenvalue weighted by atomic mass is 16.3. The summed E-state index contributed by atoms with van der Waals surface area (Å²) in [5.74, 6) is -1.36. The van der Waals surface area contributed by atoms with Crippen LogP contribution in [0.15, 0.2) is 28.7 Å². The normalized spacial score (nSPS) is 12.0. The fraction of sp³-hybridized carbons (Fsp3) is 0.353. The Morgan fingerprint density at radius 1 is 1.08 bits per heavy atom. The van der Waals surface area contributed by atoms with Crippen LogP contribution in [0.5, 0.6) is 0 Å². The third kappa shape index (κ3) is 3.73. The molecule has 0 aliphatic heterocycles. The average molecular weight is 331 g/mol. The van der Waals surface area contributed by atoms with E-state index in [0.717, 1.165) is 5.39 Å². The second-order valence-corrected chi connectivity index (χ2v) is 5.92. The number of furan rings is 1. The van der Waals surface area contributed by atoms with Crippen molar-refractivity contribution in [2.24, 2.45) is 5.92 Å². The summed E-state index contributed by atoms with van der Waals surface area (Å²) in [6, 6.07) is 6.56. The molecule has 2 aromatic rings. The van der Waals surface area contributed by atoms with E-state index in [1.165, 1.54) is 6.92 Å². The number of para-hydroxylation sites is 1. The molecular weight excluding hydrogens is 310 g/mol. The number of hydrogen-bond donors (Lipinski definition) is 3. The molecule has 0 spiro atoms. The molecule has 1 heterocycles. The van der Waals surface area contributed by atoms with E-state index in [0.29, 0.717) is 11.1 Å². The molecule has 0 saturated heterocycles. The van der Waals surface area contributed by atoms with Gasteiger partial charge in [0.15, 0.2) is 5.76 Å². The molecule has 7 heteroatoms. The molecule has 1 aromatic heterocycles. The summed E-state index contributed by atoms with van der Waals surface area (Å²) in [5, 5.41) is 3.39. The van der Waals surface area contributed by atoms with E-state index in [2.05, 4.69) is 16.2 Å². The van der Waals surface area contributed by atoms with Gasteiger partial charge in [-0.05, 0) is 18.9 Å². The predicted molar refractivity (Wildman–Crippen MR) is 89.0 cm³/mol. The Kier molecular flexibility index (Phi) is 5.23. The van der Waals surface area contributed by atoms with Crippen LogP contribution in [0.2, 0.25) is 0 Å². The highest BCUT2D eigenvalue weighted by Gasteiger charge is 2.24. The third-order valence-electron chi connectivity index (χ3n) is 3.66. The van der Waals surface area contributed by atoms with E-state index >= 15 is 0 Å². The number of fused-ring (bicyclic) bond motifs is 1. The number of nitrogens with one attached hydrogen (secondary N) is 3. The number of hydrogen-bond acceptors (Lipinski definition) is 4. The highest BCUT2D eigenvalue weighted by Crippen LogP contribution is 2.24. The van der Waals surface area contributed by atoms with Crippen LogP contribution < -0.4 is 16.2 Å². The zero-order chi connectivity index (χ0) is 17.9. The summed E-state index contributed by atoms with van der Waals surface area (Å²) in [6.45, 7) is 6.70. The standard InChI is InChI=1S/C17H21N3O4/c1-9(2)14(18-11(4)21)16(22)19-20-17(23)15-10(3)12-7-5-6-8-13(12)24-15/h5-9,14H,1-4H3,(H,18,21)(H,19,22)(H,20,23). The fourth-order valence-electron chi connectivity index (χ4n) is 2.40. The first-order valence-corrected chi connectivity index (χ1v) is 7.66. The molecule has 3 amide bonds. The van der Waals surface area contributed by atoms with E-state index in [9.17, 15) is 14.4 Å². The summed E-state index contributed by atoms with van der Waals surface area (Å²) >= 11 is 0. The molecule has 128 valence electrons. The lowest BCUT2D eigenvalue weighted by molar-refractivity contribution is -0.129. The van der Waals surface area contributed by atoms with Gasteiger partial charge in [0, 0.05) is 17.9 Å². The molecule has 0 radical (unpaired) electrons. The van der Waals surface area contributed by atoms with Crippen LogP contribution in [0.4, 0.5) is 0 Å². The largest absolute Gasteiger partial charge is 0.451 e. The first-order valence-electron chi connectivity index (χ1n) is 7.66. The Labute approximate surface area is 139 Å². The van der Waals surface area contributed by atoms with Gasteiger partial charge < -0.3 is 9.73 Å². The van der Waals surface area contributed by atoms with Crippen LogP contribution in [0.1, 0.15) is 36.9 Å². The van der Waals surface area contributed by atoms with Crippen molar-refractivity contribution in [2.75, 3.05) is 0 Å². The van der Waals surface area contributed by atoms with Gasteiger partial charge in [0.1, 0.15) is 11.6 Å². The summed E-state index contributed by atoms with van der Waals surface area (Å²) in [4.78, 5) is 35.6. The van der Waals surface area contributed by atoms with E-state index in [-0.39, 0.29) is 17.6 Å². The third-order valence-corrected chi connectivity index (χ3v) is 3.66. The minimum absolute atomic E-state index is 0.126. The smallest absolute Gasteiger partial charge is 0.305 e. The molecule has 0 fully saturated rings. The second kappa shape index (κ2) is 7.16. The van der Waals surface area contributed by atoms with Crippen LogP contribution in [0.3, 0.4) is 0 Å². The fourth-order valence-corrected chi connectivity index (χ4v) is 2.40. The van der Waals surface area contributed by atoms with Gasteiger partial charge in [0.25, 0.3) is 5.91 Å². The van der Waals surface area contributed by atoms with Gasteiger partial charge in [-0.15, -0.1) is 0 Å². The molecule has 1 unspecified atom stereocenters. The predicted octanol–water partition coefficient (Wildman–Crippen LogP) is 1.66. The highest BCUT2D eigenvalue weighted by molar-refractivity contribution is 6.00. The van der Waals surface area contributed by atoms with Gasteiger partial charge >= 0.3 is 5.91 Å². The number of aryl methyl sites for hydroxylation is 1. The number of rotatable bonds is 4. The molecule has 0 bridgehead atoms. The number of hydrazine groups is 1. The summed E-state index contributed by atoms with van der Waals surface area (Å²) in [7, 11) is 0. The molecule has 2 rings (SSSR count). The molecule has 3 N–H and O–H groups in total. The molecule has 24 heavy (non-hydrogen) atoms. The van der Waals surface area contributed by atoms with Crippen molar-refractivity contribution < 1.29 is 18.8 Å². The summed E-state index contributed by atoms with van der Waals surface area (Å²) in [6.07, 6.45) is 0. The van der Waals surface area contributed by atoms with Gasteiger partial charge in [-0.2, -0.15) is 0 Å². The summed E-state index contributed by atoms with van der Waals surface area (Å²) in [5.41, 5.74) is 5.95. The first kappa shape index (κ1) is 17.5. The van der Waals surface area contributed by atoms with Crippen LogP contribution >= 0.6 is 0 Å². The maximum Gasteiger partial charge on any atom is 0.305 e. The molecule has 0 aliphatic rings.